The van der Waals surface area contributed by atoms with E-state index in [9.17, 15) is 14.7 Å². The van der Waals surface area contributed by atoms with Gasteiger partial charge in [-0.15, -0.1) is 11.3 Å². The summed E-state index contributed by atoms with van der Waals surface area (Å²) < 4.78 is 10.7. The van der Waals surface area contributed by atoms with Crippen LogP contribution in [0.3, 0.4) is 0 Å². The van der Waals surface area contributed by atoms with Crippen molar-refractivity contribution in [2.45, 2.75) is 25.8 Å². The fourth-order valence-electron chi connectivity index (χ4n) is 3.34. The van der Waals surface area contributed by atoms with E-state index < -0.39 is 17.7 Å². The lowest BCUT2D eigenvalue weighted by molar-refractivity contribution is -0.140. The lowest BCUT2D eigenvalue weighted by Crippen LogP contribution is -2.31. The zero-order chi connectivity index (χ0) is 20.8. The van der Waals surface area contributed by atoms with Crippen molar-refractivity contribution in [3.05, 3.63) is 57.8 Å². The minimum absolute atomic E-state index is 0.113. The summed E-state index contributed by atoms with van der Waals surface area (Å²) in [5.41, 5.74) is 0.567. The van der Waals surface area contributed by atoms with E-state index in [4.69, 9.17) is 9.47 Å². The minimum Gasteiger partial charge on any atom is -0.507 e. The summed E-state index contributed by atoms with van der Waals surface area (Å²) in [5, 5.41) is 12.9. The molecule has 7 heteroatoms. The van der Waals surface area contributed by atoms with Crippen molar-refractivity contribution in [1.29, 1.82) is 0 Å². The molecule has 1 saturated heterocycles. The molecule has 0 bridgehead atoms. The number of likely N-dealkylation sites (tertiary alicyclic amines) is 1. The van der Waals surface area contributed by atoms with E-state index in [1.807, 2.05) is 24.4 Å². The van der Waals surface area contributed by atoms with E-state index in [0.29, 0.717) is 37.5 Å². The Hall–Kier alpha value is -2.64. The van der Waals surface area contributed by atoms with Gasteiger partial charge in [0.25, 0.3) is 11.7 Å². The molecule has 154 valence electrons. The lowest BCUT2D eigenvalue weighted by atomic mass is 9.99. The number of aliphatic hydroxyl groups excluding tert-OH is 1. The summed E-state index contributed by atoms with van der Waals surface area (Å²) in [7, 11) is 1.60. The van der Waals surface area contributed by atoms with Crippen molar-refractivity contribution in [2.24, 2.45) is 0 Å². The fourth-order valence-corrected chi connectivity index (χ4v) is 4.19. The van der Waals surface area contributed by atoms with Gasteiger partial charge in [-0.25, -0.2) is 0 Å². The van der Waals surface area contributed by atoms with Crippen molar-refractivity contribution in [3.63, 3.8) is 0 Å². The Kier molecular flexibility index (Phi) is 7.06. The first-order chi connectivity index (χ1) is 14.1. The summed E-state index contributed by atoms with van der Waals surface area (Å²) >= 11 is 1.45. The van der Waals surface area contributed by atoms with Gasteiger partial charge in [0.15, 0.2) is 0 Å². The number of ketones is 1. The Morgan fingerprint density at radius 2 is 2.03 bits per heavy atom. The molecule has 1 unspecified atom stereocenters. The second kappa shape index (κ2) is 9.71. The molecule has 1 amide bonds. The van der Waals surface area contributed by atoms with Gasteiger partial charge in [-0.05, 0) is 36.4 Å². The second-order valence-electron chi connectivity index (χ2n) is 6.73. The van der Waals surface area contributed by atoms with E-state index in [0.717, 1.165) is 11.3 Å². The molecular weight excluding hydrogens is 390 g/mol. The van der Waals surface area contributed by atoms with E-state index >= 15 is 0 Å². The quantitative estimate of drug-likeness (QED) is 0.290. The Morgan fingerprint density at radius 3 is 2.72 bits per heavy atom. The van der Waals surface area contributed by atoms with Gasteiger partial charge in [0.05, 0.1) is 18.2 Å². The predicted octanol–water partition coefficient (Wildman–Crippen LogP) is 4.00. The maximum atomic E-state index is 12.9. The van der Waals surface area contributed by atoms with Crippen molar-refractivity contribution in [3.8, 4) is 5.75 Å². The molecular formula is C22H25NO5S. The van der Waals surface area contributed by atoms with Crippen LogP contribution in [0.15, 0.2) is 47.4 Å². The number of ether oxygens (including phenoxy) is 2. The summed E-state index contributed by atoms with van der Waals surface area (Å²) in [6.07, 6.45) is 1.47. The second-order valence-corrected chi connectivity index (χ2v) is 7.71. The third kappa shape index (κ3) is 4.52. The maximum absolute atomic E-state index is 12.9. The molecule has 1 fully saturated rings. The highest BCUT2D eigenvalue weighted by atomic mass is 32.1. The van der Waals surface area contributed by atoms with Gasteiger partial charge in [0.1, 0.15) is 11.5 Å². The van der Waals surface area contributed by atoms with Gasteiger partial charge < -0.3 is 19.5 Å². The molecule has 3 rings (SSSR count). The number of carbonyl (C=O) groups excluding carboxylic acids is 2. The molecule has 1 aliphatic rings. The molecule has 2 aromatic rings. The third-order valence-electron chi connectivity index (χ3n) is 4.68. The molecule has 6 nitrogen and oxygen atoms in total. The lowest BCUT2D eigenvalue weighted by Gasteiger charge is -2.24. The molecule has 0 aliphatic carbocycles. The molecule has 1 aromatic heterocycles. The van der Waals surface area contributed by atoms with Gasteiger partial charge in [0.2, 0.25) is 0 Å². The Balaban J connectivity index is 2.02. The SMILES string of the molecule is CCCOc1cccc(C(O)=C2C(=O)C(=O)N(CCCOC)C2c2cccs2)c1. The highest BCUT2D eigenvalue weighted by molar-refractivity contribution is 7.10. The maximum Gasteiger partial charge on any atom is 0.295 e. The summed E-state index contributed by atoms with van der Waals surface area (Å²) in [5.74, 6) is -0.839. The van der Waals surface area contributed by atoms with Crippen LogP contribution >= 0.6 is 11.3 Å². The van der Waals surface area contributed by atoms with Crippen LogP contribution in [0.4, 0.5) is 0 Å². The predicted molar refractivity (Wildman–Crippen MR) is 112 cm³/mol. The van der Waals surface area contributed by atoms with Gasteiger partial charge in [-0.3, -0.25) is 9.59 Å². The number of amides is 1. The van der Waals surface area contributed by atoms with Crippen LogP contribution in [-0.2, 0) is 14.3 Å². The first-order valence-electron chi connectivity index (χ1n) is 9.62. The number of rotatable bonds is 9. The zero-order valence-electron chi connectivity index (χ0n) is 16.6. The van der Waals surface area contributed by atoms with Gasteiger partial charge in [0, 0.05) is 30.7 Å². The Morgan fingerprint density at radius 1 is 1.21 bits per heavy atom. The largest absolute Gasteiger partial charge is 0.507 e. The normalized spacial score (nSPS) is 18.4. The average molecular weight is 416 g/mol. The topological polar surface area (TPSA) is 76.1 Å². The highest BCUT2D eigenvalue weighted by Gasteiger charge is 2.46. The van der Waals surface area contributed by atoms with Crippen LogP contribution in [0.2, 0.25) is 0 Å². The molecule has 1 aromatic carbocycles. The Labute approximate surface area is 174 Å². The zero-order valence-corrected chi connectivity index (χ0v) is 17.4. The van der Waals surface area contributed by atoms with Crippen molar-refractivity contribution in [1.82, 2.24) is 4.90 Å². The van der Waals surface area contributed by atoms with Gasteiger partial charge in [-0.1, -0.05) is 25.1 Å². The van der Waals surface area contributed by atoms with E-state index in [2.05, 4.69) is 0 Å². The van der Waals surface area contributed by atoms with Gasteiger partial charge >= 0.3 is 0 Å². The third-order valence-corrected chi connectivity index (χ3v) is 5.61. The number of aliphatic hydroxyl groups is 1. The number of nitrogens with zero attached hydrogens (tertiary/aromatic N) is 1. The molecule has 0 radical (unpaired) electrons. The van der Waals surface area contributed by atoms with Crippen LogP contribution in [0.1, 0.15) is 36.2 Å². The van der Waals surface area contributed by atoms with E-state index in [1.54, 1.807) is 31.4 Å². The molecule has 0 spiro atoms. The molecule has 1 N–H and O–H groups in total. The summed E-state index contributed by atoms with van der Waals surface area (Å²) in [6, 6.07) is 10.1. The number of methoxy groups -OCH3 is 1. The fraction of sp³-hybridized carbons (Fsp3) is 0.364. The minimum atomic E-state index is -0.668. The van der Waals surface area contributed by atoms with Crippen LogP contribution in [-0.4, -0.2) is 48.6 Å². The van der Waals surface area contributed by atoms with Gasteiger partial charge in [-0.2, -0.15) is 0 Å². The average Bonchev–Trinajstić information content (AvgIpc) is 3.34. The Bertz CT molecular complexity index is 890. The number of carbonyl (C=O) groups is 2. The number of Topliss-reactive ketones (excluding diaryl/α,β-unsaturated/α-hetero) is 1. The first-order valence-corrected chi connectivity index (χ1v) is 10.5. The van der Waals surface area contributed by atoms with E-state index in [1.165, 1.54) is 16.2 Å². The van der Waals surface area contributed by atoms with Crippen LogP contribution in [0.5, 0.6) is 5.75 Å². The highest BCUT2D eigenvalue weighted by Crippen LogP contribution is 2.41. The molecule has 2 heterocycles. The molecule has 1 aliphatic heterocycles. The number of benzene rings is 1. The van der Waals surface area contributed by atoms with Crippen LogP contribution in [0.25, 0.3) is 5.76 Å². The van der Waals surface area contributed by atoms with Crippen LogP contribution in [0, 0.1) is 0 Å². The number of thiophene rings is 1. The van der Waals surface area contributed by atoms with Crippen molar-refractivity contribution in [2.75, 3.05) is 26.9 Å². The smallest absolute Gasteiger partial charge is 0.295 e. The first kappa shape index (κ1) is 21.1. The molecule has 1 atom stereocenters. The van der Waals surface area contributed by atoms with E-state index in [-0.39, 0.29) is 11.3 Å². The summed E-state index contributed by atoms with van der Waals surface area (Å²) in [4.78, 5) is 27.9. The van der Waals surface area contributed by atoms with Crippen LogP contribution < -0.4 is 4.74 Å². The summed E-state index contributed by atoms with van der Waals surface area (Å²) in [6.45, 7) is 3.42. The van der Waals surface area contributed by atoms with Crippen molar-refractivity contribution < 1.29 is 24.2 Å². The number of hydrogen-bond acceptors (Lipinski definition) is 6. The molecule has 29 heavy (non-hydrogen) atoms. The van der Waals surface area contributed by atoms with Crippen molar-refractivity contribution >= 4 is 28.8 Å². The molecule has 0 saturated carbocycles. The monoisotopic (exact) mass is 415 g/mol. The standard InChI is InChI=1S/C22H25NO5S/c1-3-11-28-16-8-4-7-15(14-16)20(24)18-19(17-9-5-13-29-17)23(10-6-12-27-2)22(26)21(18)25/h4-5,7-9,13-14,19,24H,3,6,10-12H2,1-2H3. The number of hydrogen-bond donors (Lipinski definition) is 1.